The number of rotatable bonds is 9. The van der Waals surface area contributed by atoms with Crippen LogP contribution in [0, 0.1) is 5.92 Å². The molecule has 0 saturated heterocycles. The Kier molecular flexibility index (Phi) is 8.26. The number of carboxylic acid groups (broad SMARTS) is 1. The summed E-state index contributed by atoms with van der Waals surface area (Å²) < 4.78 is 0. The van der Waals surface area contributed by atoms with E-state index >= 15 is 0 Å². The Morgan fingerprint density at radius 2 is 1.71 bits per heavy atom. The zero-order valence-electron chi connectivity index (χ0n) is 13.8. The van der Waals surface area contributed by atoms with Crippen molar-refractivity contribution in [3.8, 4) is 0 Å². The molecule has 1 aromatic carbocycles. The summed E-state index contributed by atoms with van der Waals surface area (Å²) in [4.78, 5) is 35.3. The van der Waals surface area contributed by atoms with Crippen LogP contribution >= 0.6 is 11.6 Å². The monoisotopic (exact) mass is 354 g/mol. The SMILES string of the molecule is CC(C)CC(NC(=O)[C@@H](Cc1ccccc1)NC(=O)CCl)C(=O)O. The first-order valence-electron chi connectivity index (χ1n) is 7.76. The highest BCUT2D eigenvalue weighted by Gasteiger charge is 2.27. The number of hydrogen-bond donors (Lipinski definition) is 3. The van der Waals surface area contributed by atoms with E-state index in [1.54, 1.807) is 0 Å². The normalized spacial score (nSPS) is 13.2. The summed E-state index contributed by atoms with van der Waals surface area (Å²) in [5, 5.41) is 14.3. The van der Waals surface area contributed by atoms with Crippen molar-refractivity contribution in [2.24, 2.45) is 5.92 Å². The Morgan fingerprint density at radius 1 is 1.08 bits per heavy atom. The average Bonchev–Trinajstić information content (AvgIpc) is 2.53. The van der Waals surface area contributed by atoms with Crippen LogP contribution in [0.1, 0.15) is 25.8 Å². The molecule has 7 heteroatoms. The molecule has 1 aromatic rings. The first-order valence-corrected chi connectivity index (χ1v) is 8.29. The highest BCUT2D eigenvalue weighted by atomic mass is 35.5. The van der Waals surface area contributed by atoms with E-state index in [1.165, 1.54) is 0 Å². The van der Waals surface area contributed by atoms with Crippen LogP contribution in [0.3, 0.4) is 0 Å². The van der Waals surface area contributed by atoms with E-state index in [0.717, 1.165) is 5.56 Å². The Hall–Kier alpha value is -2.08. The number of carbonyl (C=O) groups is 3. The van der Waals surface area contributed by atoms with Gasteiger partial charge in [-0.2, -0.15) is 0 Å². The summed E-state index contributed by atoms with van der Waals surface area (Å²) in [6.07, 6.45) is 0.561. The quantitative estimate of drug-likeness (QED) is 0.586. The fourth-order valence-electron chi connectivity index (χ4n) is 2.26. The van der Waals surface area contributed by atoms with Gasteiger partial charge < -0.3 is 15.7 Å². The van der Waals surface area contributed by atoms with Gasteiger partial charge in [-0.1, -0.05) is 44.2 Å². The molecule has 1 rings (SSSR count). The van der Waals surface area contributed by atoms with Crippen LogP contribution in [0.4, 0.5) is 0 Å². The van der Waals surface area contributed by atoms with E-state index in [2.05, 4.69) is 10.6 Å². The zero-order valence-corrected chi connectivity index (χ0v) is 14.5. The molecule has 0 aliphatic rings. The third-order valence-corrected chi connectivity index (χ3v) is 3.62. The Balaban J connectivity index is 2.85. The van der Waals surface area contributed by atoms with Gasteiger partial charge in [0.2, 0.25) is 11.8 Å². The molecule has 6 nitrogen and oxygen atoms in total. The van der Waals surface area contributed by atoms with Crippen molar-refractivity contribution in [2.75, 3.05) is 5.88 Å². The smallest absolute Gasteiger partial charge is 0.326 e. The minimum atomic E-state index is -1.10. The van der Waals surface area contributed by atoms with Gasteiger partial charge in [0.15, 0.2) is 0 Å². The van der Waals surface area contributed by atoms with Crippen LogP contribution in [0.15, 0.2) is 30.3 Å². The molecule has 0 aromatic heterocycles. The van der Waals surface area contributed by atoms with Gasteiger partial charge in [-0.3, -0.25) is 9.59 Å². The second-order valence-corrected chi connectivity index (χ2v) is 6.24. The lowest BCUT2D eigenvalue weighted by Crippen LogP contribution is -2.53. The fraction of sp³-hybridized carbons (Fsp3) is 0.471. The maximum absolute atomic E-state index is 12.5. The number of aliphatic carboxylic acids is 1. The summed E-state index contributed by atoms with van der Waals surface area (Å²) >= 11 is 5.49. The van der Waals surface area contributed by atoms with E-state index in [-0.39, 0.29) is 18.2 Å². The van der Waals surface area contributed by atoms with Crippen LogP contribution in [0.2, 0.25) is 0 Å². The van der Waals surface area contributed by atoms with Gasteiger partial charge >= 0.3 is 5.97 Å². The molecule has 1 unspecified atom stereocenters. The number of halogens is 1. The first-order chi connectivity index (χ1) is 11.3. The average molecular weight is 355 g/mol. The Labute approximate surface area is 146 Å². The standard InChI is InChI=1S/C17H23ClN2O4/c1-11(2)8-14(17(23)24)20-16(22)13(19-15(21)10-18)9-12-6-4-3-5-7-12/h3-7,11,13-14H,8-10H2,1-2H3,(H,19,21)(H,20,22)(H,23,24)/t13-,14?/m1/s1. The lowest BCUT2D eigenvalue weighted by Gasteiger charge is -2.22. The number of nitrogens with one attached hydrogen (secondary N) is 2. The highest BCUT2D eigenvalue weighted by molar-refractivity contribution is 6.27. The molecule has 0 aliphatic heterocycles. The van der Waals surface area contributed by atoms with Crippen LogP contribution < -0.4 is 10.6 Å². The van der Waals surface area contributed by atoms with E-state index in [4.69, 9.17) is 11.6 Å². The molecule has 24 heavy (non-hydrogen) atoms. The Morgan fingerprint density at radius 3 is 2.21 bits per heavy atom. The zero-order chi connectivity index (χ0) is 18.1. The molecule has 0 heterocycles. The van der Waals surface area contributed by atoms with Crippen molar-refractivity contribution in [3.63, 3.8) is 0 Å². The van der Waals surface area contributed by atoms with Crippen molar-refractivity contribution < 1.29 is 19.5 Å². The van der Waals surface area contributed by atoms with Crippen molar-refractivity contribution in [1.82, 2.24) is 10.6 Å². The van der Waals surface area contributed by atoms with Crippen LogP contribution in [-0.4, -0.2) is 40.9 Å². The summed E-state index contributed by atoms with van der Waals surface area (Å²) in [5.74, 6) is -2.28. The van der Waals surface area contributed by atoms with E-state index in [0.29, 0.717) is 6.42 Å². The lowest BCUT2D eigenvalue weighted by molar-refractivity contribution is -0.142. The van der Waals surface area contributed by atoms with E-state index in [1.807, 2.05) is 44.2 Å². The van der Waals surface area contributed by atoms with Gasteiger partial charge in [-0.15, -0.1) is 11.6 Å². The highest BCUT2D eigenvalue weighted by Crippen LogP contribution is 2.08. The van der Waals surface area contributed by atoms with Crippen molar-refractivity contribution in [2.45, 2.75) is 38.8 Å². The second-order valence-electron chi connectivity index (χ2n) is 5.97. The third-order valence-electron chi connectivity index (χ3n) is 3.38. The molecule has 3 N–H and O–H groups in total. The molecule has 0 fully saturated rings. The van der Waals surface area contributed by atoms with E-state index in [9.17, 15) is 19.5 Å². The van der Waals surface area contributed by atoms with Gasteiger partial charge in [0.05, 0.1) is 0 Å². The predicted octanol–water partition coefficient (Wildman–Crippen LogP) is 1.57. The van der Waals surface area contributed by atoms with Crippen LogP contribution in [0.25, 0.3) is 0 Å². The molecule has 0 saturated carbocycles. The van der Waals surface area contributed by atoms with Gasteiger partial charge in [0, 0.05) is 6.42 Å². The first kappa shape index (κ1) is 20.0. The predicted molar refractivity (Wildman–Crippen MR) is 91.8 cm³/mol. The number of amides is 2. The summed E-state index contributed by atoms with van der Waals surface area (Å²) in [7, 11) is 0. The minimum Gasteiger partial charge on any atom is -0.480 e. The molecule has 0 aliphatic carbocycles. The third kappa shape index (κ3) is 7.00. The maximum Gasteiger partial charge on any atom is 0.326 e. The maximum atomic E-state index is 12.5. The number of carbonyl (C=O) groups excluding carboxylic acids is 2. The van der Waals surface area contributed by atoms with Gasteiger partial charge in [0.1, 0.15) is 18.0 Å². The number of hydrogen-bond acceptors (Lipinski definition) is 3. The largest absolute Gasteiger partial charge is 0.480 e. The number of benzene rings is 1. The molecule has 0 radical (unpaired) electrons. The van der Waals surface area contributed by atoms with Gasteiger partial charge in [-0.05, 0) is 17.9 Å². The summed E-state index contributed by atoms with van der Waals surface area (Å²) in [6.45, 7) is 3.75. The second kappa shape index (κ2) is 9.93. The molecule has 0 bridgehead atoms. The van der Waals surface area contributed by atoms with Crippen molar-refractivity contribution in [3.05, 3.63) is 35.9 Å². The summed E-state index contributed by atoms with van der Waals surface area (Å²) in [6, 6.07) is 7.28. The topological polar surface area (TPSA) is 95.5 Å². The fourth-order valence-corrected chi connectivity index (χ4v) is 2.33. The minimum absolute atomic E-state index is 0.108. The van der Waals surface area contributed by atoms with E-state index < -0.39 is 29.9 Å². The van der Waals surface area contributed by atoms with Gasteiger partial charge in [0.25, 0.3) is 0 Å². The van der Waals surface area contributed by atoms with Crippen molar-refractivity contribution >= 4 is 29.4 Å². The molecular formula is C17H23ClN2O4. The molecule has 0 spiro atoms. The molecular weight excluding hydrogens is 332 g/mol. The van der Waals surface area contributed by atoms with Crippen LogP contribution in [-0.2, 0) is 20.8 Å². The van der Waals surface area contributed by atoms with Gasteiger partial charge in [-0.25, -0.2) is 4.79 Å². The number of alkyl halides is 1. The number of carboxylic acids is 1. The van der Waals surface area contributed by atoms with Crippen LogP contribution in [0.5, 0.6) is 0 Å². The summed E-state index contributed by atoms with van der Waals surface area (Å²) in [5.41, 5.74) is 0.850. The lowest BCUT2D eigenvalue weighted by atomic mass is 10.0. The molecule has 2 amide bonds. The Bertz CT molecular complexity index is 563. The molecule has 132 valence electrons. The molecule has 2 atom stereocenters. The van der Waals surface area contributed by atoms with Crippen molar-refractivity contribution in [1.29, 1.82) is 0 Å².